The van der Waals surface area contributed by atoms with Crippen molar-refractivity contribution < 1.29 is 14.4 Å². The van der Waals surface area contributed by atoms with E-state index in [0.29, 0.717) is 0 Å². The van der Waals surface area contributed by atoms with Gasteiger partial charge in [0.25, 0.3) is 5.91 Å². The first-order valence-electron chi connectivity index (χ1n) is 10.1. The molecular weight excluding hydrogens is 356 g/mol. The van der Waals surface area contributed by atoms with Gasteiger partial charge in [0, 0.05) is 6.92 Å². The van der Waals surface area contributed by atoms with Gasteiger partial charge in [-0.15, -0.1) is 0 Å². The maximum atomic E-state index is 12.3. The van der Waals surface area contributed by atoms with E-state index in [1.807, 2.05) is 12.1 Å². The van der Waals surface area contributed by atoms with Crippen LogP contribution in [0.3, 0.4) is 0 Å². The molecule has 2 aliphatic carbocycles. The van der Waals surface area contributed by atoms with Crippen molar-refractivity contribution in [1.29, 1.82) is 0 Å². The van der Waals surface area contributed by atoms with Crippen LogP contribution in [0.2, 0.25) is 0 Å². The van der Waals surface area contributed by atoms with Crippen molar-refractivity contribution >= 4 is 17.6 Å². The second kappa shape index (κ2) is 9.08. The van der Waals surface area contributed by atoms with Gasteiger partial charge in [-0.1, -0.05) is 48.7 Å². The Labute approximate surface area is 166 Å². The minimum atomic E-state index is -0.664. The molecule has 0 aliphatic heterocycles. The summed E-state index contributed by atoms with van der Waals surface area (Å²) in [5.41, 5.74) is 7.95. The van der Waals surface area contributed by atoms with Gasteiger partial charge in [0.05, 0.1) is 6.04 Å². The Morgan fingerprint density at radius 2 is 1.96 bits per heavy atom. The highest BCUT2D eigenvalue weighted by atomic mass is 16.6. The Morgan fingerprint density at radius 1 is 1.21 bits per heavy atom. The van der Waals surface area contributed by atoms with E-state index in [0.717, 1.165) is 51.4 Å². The first kappa shape index (κ1) is 20.2. The minimum absolute atomic E-state index is 0.00597. The van der Waals surface area contributed by atoms with Gasteiger partial charge in [-0.3, -0.25) is 9.59 Å². The zero-order chi connectivity index (χ0) is 20.0. The molecule has 4 N–H and O–H groups in total. The molecule has 7 nitrogen and oxygen atoms in total. The van der Waals surface area contributed by atoms with Crippen LogP contribution in [0.25, 0.3) is 0 Å². The molecule has 0 heterocycles. The number of aryl methyl sites for hydroxylation is 1. The molecule has 0 aromatic heterocycles. The Kier molecular flexibility index (Phi) is 6.54. The topological polar surface area (TPSA) is 106 Å². The van der Waals surface area contributed by atoms with E-state index in [4.69, 9.17) is 10.6 Å². The number of nitrogens with zero attached hydrogens (tertiary/aromatic N) is 1. The monoisotopic (exact) mass is 386 g/mol. The third-order valence-corrected chi connectivity index (χ3v) is 5.68. The van der Waals surface area contributed by atoms with Crippen LogP contribution in [0, 0.1) is 0 Å². The number of fused-ring (bicyclic) bond motifs is 1. The van der Waals surface area contributed by atoms with Gasteiger partial charge in [0.15, 0.2) is 12.4 Å². The third-order valence-electron chi connectivity index (χ3n) is 5.68. The molecule has 0 radical (unpaired) electrons. The van der Waals surface area contributed by atoms with Crippen LogP contribution in [0.4, 0.5) is 0 Å². The van der Waals surface area contributed by atoms with E-state index in [1.165, 1.54) is 18.1 Å². The number of oxime groups is 1. The van der Waals surface area contributed by atoms with Crippen molar-refractivity contribution in [1.82, 2.24) is 10.6 Å². The predicted molar refractivity (Wildman–Crippen MR) is 107 cm³/mol. The summed E-state index contributed by atoms with van der Waals surface area (Å²) in [5.74, 6) is -0.137. The van der Waals surface area contributed by atoms with Crippen LogP contribution in [-0.2, 0) is 20.8 Å². The standard InChI is InChI=1S/C21H30N4O3/c1-15(26)24-21(12-5-2-6-13-21)20(22)25-28-14-19(27)23-18-11-7-9-16-8-3-4-10-17(16)18/h3-4,8,10,18H,2,5-7,9,11-14H2,1H3,(H2,22,25)(H,23,27)(H,24,26)/t18-/m1/s1. The van der Waals surface area contributed by atoms with Gasteiger partial charge in [-0.05, 0) is 43.2 Å². The fourth-order valence-electron chi connectivity index (χ4n) is 4.33. The number of benzene rings is 1. The predicted octanol–water partition coefficient (Wildman–Crippen LogP) is 2.31. The molecule has 1 aromatic rings. The quantitative estimate of drug-likeness (QED) is 0.396. The lowest BCUT2D eigenvalue weighted by Crippen LogP contribution is -2.58. The number of amidine groups is 1. The smallest absolute Gasteiger partial charge is 0.261 e. The molecule has 1 atom stereocenters. The summed E-state index contributed by atoms with van der Waals surface area (Å²) >= 11 is 0. The maximum Gasteiger partial charge on any atom is 0.261 e. The van der Waals surface area contributed by atoms with Crippen molar-refractivity contribution in [2.24, 2.45) is 10.9 Å². The highest BCUT2D eigenvalue weighted by Crippen LogP contribution is 2.30. The van der Waals surface area contributed by atoms with Gasteiger partial charge in [-0.25, -0.2) is 0 Å². The van der Waals surface area contributed by atoms with E-state index in [-0.39, 0.29) is 30.3 Å². The van der Waals surface area contributed by atoms with Crippen LogP contribution in [0.5, 0.6) is 0 Å². The molecule has 2 amide bonds. The number of carbonyl (C=O) groups is 2. The Morgan fingerprint density at radius 3 is 2.71 bits per heavy atom. The average molecular weight is 386 g/mol. The highest BCUT2D eigenvalue weighted by Gasteiger charge is 2.37. The number of nitrogens with two attached hydrogens (primary N) is 1. The summed E-state index contributed by atoms with van der Waals surface area (Å²) in [6.07, 6.45) is 7.53. The molecule has 0 bridgehead atoms. The number of carbonyl (C=O) groups excluding carboxylic acids is 2. The molecule has 1 fully saturated rings. The van der Waals surface area contributed by atoms with E-state index in [9.17, 15) is 9.59 Å². The summed E-state index contributed by atoms with van der Waals surface area (Å²) in [7, 11) is 0. The first-order chi connectivity index (χ1) is 13.5. The zero-order valence-corrected chi connectivity index (χ0v) is 16.5. The van der Waals surface area contributed by atoms with E-state index in [1.54, 1.807) is 0 Å². The molecule has 1 aromatic carbocycles. The summed E-state index contributed by atoms with van der Waals surface area (Å²) in [6.45, 7) is 1.27. The minimum Gasteiger partial charge on any atom is -0.384 e. The summed E-state index contributed by atoms with van der Waals surface area (Å²) in [4.78, 5) is 29.2. The van der Waals surface area contributed by atoms with E-state index in [2.05, 4.69) is 27.9 Å². The lowest BCUT2D eigenvalue weighted by atomic mass is 9.80. The Bertz CT molecular complexity index is 741. The number of rotatable bonds is 6. The molecule has 7 heteroatoms. The third kappa shape index (κ3) is 4.82. The van der Waals surface area contributed by atoms with Crippen molar-refractivity contribution in [2.45, 2.75) is 69.9 Å². The summed E-state index contributed by atoms with van der Waals surface area (Å²) in [6, 6.07) is 8.21. The molecular formula is C21H30N4O3. The van der Waals surface area contributed by atoms with Crippen LogP contribution in [-0.4, -0.2) is 29.8 Å². The number of nitrogens with one attached hydrogen (secondary N) is 2. The van der Waals surface area contributed by atoms with Gasteiger partial charge in [-0.2, -0.15) is 0 Å². The molecule has 2 aliphatic rings. The second-order valence-electron chi connectivity index (χ2n) is 7.79. The average Bonchev–Trinajstić information content (AvgIpc) is 2.68. The van der Waals surface area contributed by atoms with Crippen LogP contribution in [0.1, 0.15) is 69.0 Å². The number of amides is 2. The number of hydrogen-bond donors (Lipinski definition) is 3. The molecule has 0 unspecified atom stereocenters. The highest BCUT2D eigenvalue weighted by molar-refractivity contribution is 5.93. The largest absolute Gasteiger partial charge is 0.384 e. The normalized spacial score (nSPS) is 21.3. The van der Waals surface area contributed by atoms with Crippen LogP contribution < -0.4 is 16.4 Å². The molecule has 3 rings (SSSR count). The maximum absolute atomic E-state index is 12.3. The Hall–Kier alpha value is -2.57. The summed E-state index contributed by atoms with van der Waals surface area (Å²) in [5, 5.41) is 9.93. The van der Waals surface area contributed by atoms with Crippen molar-refractivity contribution in [3.8, 4) is 0 Å². The number of hydrogen-bond acceptors (Lipinski definition) is 4. The van der Waals surface area contributed by atoms with E-state index < -0.39 is 5.54 Å². The van der Waals surface area contributed by atoms with Gasteiger partial charge in [0.1, 0.15) is 5.54 Å². The van der Waals surface area contributed by atoms with Crippen LogP contribution >= 0.6 is 0 Å². The summed E-state index contributed by atoms with van der Waals surface area (Å²) < 4.78 is 0. The van der Waals surface area contributed by atoms with E-state index >= 15 is 0 Å². The Balaban J connectivity index is 1.56. The first-order valence-corrected chi connectivity index (χ1v) is 10.1. The molecule has 28 heavy (non-hydrogen) atoms. The lowest BCUT2D eigenvalue weighted by molar-refractivity contribution is -0.126. The van der Waals surface area contributed by atoms with Crippen molar-refractivity contribution in [2.75, 3.05) is 6.61 Å². The molecule has 152 valence electrons. The zero-order valence-electron chi connectivity index (χ0n) is 16.5. The fraction of sp³-hybridized carbons (Fsp3) is 0.571. The SMILES string of the molecule is CC(=O)NC1(/C(N)=N\OCC(=O)N[C@@H]2CCCc3ccccc32)CCCCC1. The van der Waals surface area contributed by atoms with Crippen molar-refractivity contribution in [3.05, 3.63) is 35.4 Å². The van der Waals surface area contributed by atoms with Gasteiger partial charge < -0.3 is 21.2 Å². The molecule has 0 saturated heterocycles. The van der Waals surface area contributed by atoms with Gasteiger partial charge in [0.2, 0.25) is 5.91 Å². The lowest BCUT2D eigenvalue weighted by Gasteiger charge is -2.36. The fourth-order valence-corrected chi connectivity index (χ4v) is 4.33. The molecule has 0 spiro atoms. The molecule has 1 saturated carbocycles. The van der Waals surface area contributed by atoms with Crippen LogP contribution in [0.15, 0.2) is 29.4 Å². The second-order valence-corrected chi connectivity index (χ2v) is 7.79. The van der Waals surface area contributed by atoms with Gasteiger partial charge >= 0.3 is 0 Å². The van der Waals surface area contributed by atoms with Crippen molar-refractivity contribution in [3.63, 3.8) is 0 Å².